The molecule has 0 aliphatic carbocycles. The van der Waals surface area contributed by atoms with Gasteiger partial charge in [-0.3, -0.25) is 4.79 Å². The van der Waals surface area contributed by atoms with Crippen molar-refractivity contribution in [3.05, 3.63) is 34.7 Å². The van der Waals surface area contributed by atoms with E-state index in [1.807, 2.05) is 0 Å². The number of alkyl halides is 3. The van der Waals surface area contributed by atoms with Crippen LogP contribution in [-0.2, 0) is 20.8 Å². The van der Waals surface area contributed by atoms with E-state index in [4.69, 9.17) is 5.11 Å². The van der Waals surface area contributed by atoms with Crippen molar-refractivity contribution < 1.29 is 31.5 Å². The predicted octanol–water partition coefficient (Wildman–Crippen LogP) is 2.55. The molecule has 0 radical (unpaired) electrons. The van der Waals surface area contributed by atoms with E-state index in [-0.39, 0.29) is 16.0 Å². The first-order chi connectivity index (χ1) is 9.04. The summed E-state index contributed by atoms with van der Waals surface area (Å²) in [6.45, 7) is 1.22. The monoisotopic (exact) mass is 306 g/mol. The van der Waals surface area contributed by atoms with Crippen LogP contribution in [0.1, 0.15) is 18.1 Å². The lowest BCUT2D eigenvalue weighted by Crippen LogP contribution is -2.12. The number of aliphatic carboxylic acids is 1. The molecule has 0 amide bonds. The van der Waals surface area contributed by atoms with E-state index in [0.29, 0.717) is 12.1 Å². The Labute approximate surface area is 112 Å². The van der Waals surface area contributed by atoms with Crippen LogP contribution in [0.3, 0.4) is 0 Å². The van der Waals surface area contributed by atoms with Gasteiger partial charge in [0.15, 0.2) is 0 Å². The Kier molecular flexibility index (Phi) is 3.16. The van der Waals surface area contributed by atoms with E-state index in [1.165, 1.54) is 6.92 Å². The van der Waals surface area contributed by atoms with Crippen molar-refractivity contribution in [2.75, 3.05) is 0 Å². The van der Waals surface area contributed by atoms with Crippen LogP contribution in [0.2, 0.25) is 0 Å². The quantitative estimate of drug-likeness (QED) is 0.911. The zero-order chi connectivity index (χ0) is 15.3. The van der Waals surface area contributed by atoms with Gasteiger partial charge in [0.1, 0.15) is 0 Å². The van der Waals surface area contributed by atoms with Crippen molar-refractivity contribution in [1.29, 1.82) is 0 Å². The number of rotatable bonds is 2. The van der Waals surface area contributed by atoms with Crippen molar-refractivity contribution in [2.24, 2.45) is 5.92 Å². The van der Waals surface area contributed by atoms with Crippen molar-refractivity contribution in [1.82, 2.24) is 0 Å². The van der Waals surface area contributed by atoms with Gasteiger partial charge >= 0.3 is 12.1 Å². The molecule has 1 aliphatic rings. The summed E-state index contributed by atoms with van der Waals surface area (Å²) in [6, 6.07) is 2.19. The van der Waals surface area contributed by atoms with Gasteiger partial charge in [0.05, 0.1) is 16.4 Å². The van der Waals surface area contributed by atoms with E-state index >= 15 is 0 Å². The maximum atomic E-state index is 12.7. The summed E-state index contributed by atoms with van der Waals surface area (Å²) in [6.07, 6.45) is -4.63. The number of carboxylic acids is 1. The lowest BCUT2D eigenvalue weighted by Gasteiger charge is -2.12. The Morgan fingerprint density at radius 3 is 2.40 bits per heavy atom. The smallest absolute Gasteiger partial charge is 0.416 e. The molecule has 1 N–H and O–H groups in total. The lowest BCUT2D eigenvalue weighted by atomic mass is 9.94. The molecular weight excluding hydrogens is 297 g/mol. The van der Waals surface area contributed by atoms with Gasteiger partial charge in [0.25, 0.3) is 0 Å². The number of carboxylic acid groups (broad SMARTS) is 1. The third-order valence-corrected chi connectivity index (χ3v) is 4.58. The molecule has 1 aromatic rings. The second-order valence-corrected chi connectivity index (χ2v) is 6.15. The first-order valence-electron chi connectivity index (χ1n) is 5.45. The summed E-state index contributed by atoms with van der Waals surface area (Å²) in [5.74, 6) is -2.52. The fraction of sp³-hybridized carbons (Fsp3) is 0.250. The standard InChI is InChI=1S/C12H9F3O4S/c1-6(11(16)17)9-5-20(18,19)10-3-2-7(4-8(9)10)12(13,14)15/h2-6H,1H3,(H,16,17). The molecule has 0 saturated heterocycles. The Morgan fingerprint density at radius 2 is 1.90 bits per heavy atom. The highest BCUT2D eigenvalue weighted by atomic mass is 32.2. The molecule has 20 heavy (non-hydrogen) atoms. The maximum absolute atomic E-state index is 12.7. The summed E-state index contributed by atoms with van der Waals surface area (Å²) in [5.41, 5.74) is -1.36. The van der Waals surface area contributed by atoms with Crippen LogP contribution in [0.25, 0.3) is 5.57 Å². The number of hydrogen-bond donors (Lipinski definition) is 1. The van der Waals surface area contributed by atoms with Crippen LogP contribution >= 0.6 is 0 Å². The van der Waals surface area contributed by atoms with Gasteiger partial charge in [0.2, 0.25) is 9.84 Å². The van der Waals surface area contributed by atoms with Crippen LogP contribution in [-0.4, -0.2) is 19.5 Å². The molecule has 4 nitrogen and oxygen atoms in total. The van der Waals surface area contributed by atoms with E-state index < -0.39 is 33.5 Å². The average molecular weight is 306 g/mol. The molecule has 1 heterocycles. The van der Waals surface area contributed by atoms with Crippen LogP contribution in [0, 0.1) is 5.92 Å². The van der Waals surface area contributed by atoms with E-state index in [9.17, 15) is 26.4 Å². The molecule has 0 saturated carbocycles. The highest BCUT2D eigenvalue weighted by Gasteiger charge is 2.36. The van der Waals surface area contributed by atoms with Crippen molar-refractivity contribution in [2.45, 2.75) is 18.0 Å². The second-order valence-electron chi connectivity index (χ2n) is 4.39. The van der Waals surface area contributed by atoms with Crippen LogP contribution in [0.15, 0.2) is 28.5 Å². The molecule has 0 bridgehead atoms. The fourth-order valence-corrected chi connectivity index (χ4v) is 3.48. The molecule has 108 valence electrons. The van der Waals surface area contributed by atoms with Gasteiger partial charge < -0.3 is 5.11 Å². The van der Waals surface area contributed by atoms with Crippen LogP contribution in [0.4, 0.5) is 13.2 Å². The molecule has 0 fully saturated rings. The highest BCUT2D eigenvalue weighted by molar-refractivity contribution is 7.95. The normalized spacial score (nSPS) is 18.3. The molecule has 0 aromatic heterocycles. The highest BCUT2D eigenvalue weighted by Crippen LogP contribution is 2.41. The van der Waals surface area contributed by atoms with Crippen LogP contribution in [0.5, 0.6) is 0 Å². The summed E-state index contributed by atoms with van der Waals surface area (Å²) in [4.78, 5) is 10.6. The van der Waals surface area contributed by atoms with E-state index in [0.717, 1.165) is 11.5 Å². The van der Waals surface area contributed by atoms with Gasteiger partial charge in [-0.15, -0.1) is 0 Å². The van der Waals surface area contributed by atoms with E-state index in [1.54, 1.807) is 0 Å². The third-order valence-electron chi connectivity index (χ3n) is 3.04. The van der Waals surface area contributed by atoms with Gasteiger partial charge in [-0.2, -0.15) is 13.2 Å². The molecule has 1 aliphatic heterocycles. The number of benzene rings is 1. The third kappa shape index (κ3) is 2.31. The SMILES string of the molecule is CC(C(=O)O)C1=CS(=O)(=O)c2ccc(C(F)(F)F)cc21. The zero-order valence-electron chi connectivity index (χ0n) is 10.1. The largest absolute Gasteiger partial charge is 0.481 e. The van der Waals surface area contributed by atoms with Gasteiger partial charge in [-0.05, 0) is 36.3 Å². The first-order valence-corrected chi connectivity index (χ1v) is 7.00. The van der Waals surface area contributed by atoms with Gasteiger partial charge in [-0.25, -0.2) is 8.42 Å². The number of hydrogen-bond acceptors (Lipinski definition) is 3. The number of carbonyl (C=O) groups is 1. The minimum atomic E-state index is -4.63. The Morgan fingerprint density at radius 1 is 1.30 bits per heavy atom. The van der Waals surface area contributed by atoms with Crippen molar-refractivity contribution in [3.8, 4) is 0 Å². The number of halogens is 3. The Bertz CT molecular complexity index is 717. The van der Waals surface area contributed by atoms with Gasteiger partial charge in [-0.1, -0.05) is 0 Å². The summed E-state index contributed by atoms with van der Waals surface area (Å²) >= 11 is 0. The zero-order valence-corrected chi connectivity index (χ0v) is 10.9. The summed E-state index contributed by atoms with van der Waals surface area (Å²) in [5, 5.41) is 9.63. The van der Waals surface area contributed by atoms with Crippen molar-refractivity contribution in [3.63, 3.8) is 0 Å². The lowest BCUT2D eigenvalue weighted by molar-refractivity contribution is -0.139. The Hall–Kier alpha value is -1.83. The molecule has 2 rings (SSSR count). The average Bonchev–Trinajstić information content (AvgIpc) is 2.59. The first kappa shape index (κ1) is 14.6. The molecule has 1 aromatic carbocycles. The summed E-state index contributed by atoms with van der Waals surface area (Å²) < 4.78 is 61.6. The predicted molar refractivity (Wildman–Crippen MR) is 63.4 cm³/mol. The molecule has 0 spiro atoms. The van der Waals surface area contributed by atoms with Gasteiger partial charge in [0, 0.05) is 5.41 Å². The van der Waals surface area contributed by atoms with Crippen LogP contribution < -0.4 is 0 Å². The topological polar surface area (TPSA) is 71.4 Å². The van der Waals surface area contributed by atoms with Crippen molar-refractivity contribution >= 4 is 21.4 Å². The second kappa shape index (κ2) is 4.34. The fourth-order valence-electron chi connectivity index (χ4n) is 1.94. The molecular formula is C12H9F3O4S. The molecule has 8 heteroatoms. The number of fused-ring (bicyclic) bond motifs is 1. The van der Waals surface area contributed by atoms with E-state index in [2.05, 4.69) is 0 Å². The Balaban J connectivity index is 2.67. The maximum Gasteiger partial charge on any atom is 0.416 e. The number of sulfone groups is 1. The minimum Gasteiger partial charge on any atom is -0.481 e. The minimum absolute atomic E-state index is 0.140. The molecule has 1 unspecified atom stereocenters. The summed E-state index contributed by atoms with van der Waals surface area (Å²) in [7, 11) is -3.89. The molecule has 1 atom stereocenters.